The van der Waals surface area contributed by atoms with Gasteiger partial charge in [0.25, 0.3) is 0 Å². The lowest BCUT2D eigenvalue weighted by atomic mass is 10.2. The summed E-state index contributed by atoms with van der Waals surface area (Å²) in [5.41, 5.74) is 3.39. The van der Waals surface area contributed by atoms with Crippen LogP contribution in [-0.4, -0.2) is 9.97 Å². The van der Waals surface area contributed by atoms with E-state index in [0.717, 1.165) is 17.0 Å². The highest BCUT2D eigenvalue weighted by atomic mass is 32.2. The van der Waals surface area contributed by atoms with E-state index in [-0.39, 0.29) is 0 Å². The van der Waals surface area contributed by atoms with Gasteiger partial charge in [-0.05, 0) is 11.6 Å². The summed E-state index contributed by atoms with van der Waals surface area (Å²) < 4.78 is 0. The van der Waals surface area contributed by atoms with Crippen LogP contribution in [0, 0.1) is 0 Å². The second-order valence-electron chi connectivity index (χ2n) is 4.36. The van der Waals surface area contributed by atoms with Crippen LogP contribution in [0.2, 0.25) is 0 Å². The summed E-state index contributed by atoms with van der Waals surface area (Å²) in [4.78, 5) is 9.77. The minimum absolute atomic E-state index is 0.920. The predicted molar refractivity (Wildman–Crippen MR) is 83.5 cm³/mol. The zero-order chi connectivity index (χ0) is 13.6. The molecule has 0 aliphatic carbocycles. The molecular formula is C17H14N2S. The Labute approximate surface area is 122 Å². The number of hydrogen-bond acceptors (Lipinski definition) is 3. The van der Waals surface area contributed by atoms with E-state index in [1.54, 1.807) is 12.4 Å². The van der Waals surface area contributed by atoms with Crippen molar-refractivity contribution in [3.8, 4) is 11.3 Å². The molecular weight excluding hydrogens is 264 g/mol. The fourth-order valence-corrected chi connectivity index (χ4v) is 3.00. The average molecular weight is 278 g/mol. The van der Waals surface area contributed by atoms with Gasteiger partial charge in [-0.1, -0.05) is 48.5 Å². The first-order chi connectivity index (χ1) is 9.93. The highest BCUT2D eigenvalue weighted by molar-refractivity contribution is 7.98. The Bertz CT molecular complexity index is 669. The molecule has 0 saturated carbocycles. The molecule has 3 heteroatoms. The lowest BCUT2D eigenvalue weighted by molar-refractivity contribution is 1.19. The first kappa shape index (κ1) is 12.9. The summed E-state index contributed by atoms with van der Waals surface area (Å²) in [6.45, 7) is 0. The number of aromatic nitrogens is 2. The molecule has 0 amide bonds. The lowest BCUT2D eigenvalue weighted by Gasteiger charge is -2.08. The van der Waals surface area contributed by atoms with Crippen molar-refractivity contribution in [2.45, 2.75) is 10.6 Å². The van der Waals surface area contributed by atoms with Crippen LogP contribution < -0.4 is 0 Å². The fraction of sp³-hybridized carbons (Fsp3) is 0.0588. The van der Waals surface area contributed by atoms with Crippen LogP contribution in [0.3, 0.4) is 0 Å². The molecule has 3 rings (SSSR count). The molecule has 20 heavy (non-hydrogen) atoms. The summed E-state index contributed by atoms with van der Waals surface area (Å²) in [5, 5.41) is 0. The predicted octanol–water partition coefficient (Wildman–Crippen LogP) is 4.44. The topological polar surface area (TPSA) is 25.8 Å². The normalized spacial score (nSPS) is 10.4. The molecule has 0 radical (unpaired) electrons. The second-order valence-corrected chi connectivity index (χ2v) is 5.38. The van der Waals surface area contributed by atoms with E-state index < -0.39 is 0 Å². The Morgan fingerprint density at radius 1 is 0.850 bits per heavy atom. The van der Waals surface area contributed by atoms with Gasteiger partial charge in [0.05, 0.1) is 11.9 Å². The van der Waals surface area contributed by atoms with Crippen molar-refractivity contribution in [3.05, 3.63) is 78.8 Å². The largest absolute Gasteiger partial charge is 0.261 e. The molecule has 3 aromatic rings. The molecule has 0 aliphatic heterocycles. The van der Waals surface area contributed by atoms with Gasteiger partial charge in [-0.15, -0.1) is 11.8 Å². The van der Waals surface area contributed by atoms with Crippen molar-refractivity contribution in [3.63, 3.8) is 0 Å². The second kappa shape index (κ2) is 6.35. The van der Waals surface area contributed by atoms with Crippen LogP contribution in [0.5, 0.6) is 0 Å². The van der Waals surface area contributed by atoms with E-state index in [2.05, 4.69) is 52.4 Å². The highest BCUT2D eigenvalue weighted by Crippen LogP contribution is 2.31. The van der Waals surface area contributed by atoms with E-state index in [1.807, 2.05) is 30.1 Å². The number of nitrogens with zero attached hydrogens (tertiary/aromatic N) is 2. The molecule has 1 aromatic heterocycles. The minimum Gasteiger partial charge on any atom is -0.261 e. The summed E-state index contributed by atoms with van der Waals surface area (Å²) in [6.07, 6.45) is 5.24. The Morgan fingerprint density at radius 2 is 1.65 bits per heavy atom. The Morgan fingerprint density at radius 3 is 2.45 bits per heavy atom. The van der Waals surface area contributed by atoms with Gasteiger partial charge in [-0.25, -0.2) is 0 Å². The number of benzene rings is 2. The van der Waals surface area contributed by atoms with Gasteiger partial charge in [-0.2, -0.15) is 0 Å². The van der Waals surface area contributed by atoms with Crippen LogP contribution in [-0.2, 0) is 5.75 Å². The lowest BCUT2D eigenvalue weighted by Crippen LogP contribution is -1.87. The van der Waals surface area contributed by atoms with Crippen LogP contribution in [0.4, 0.5) is 0 Å². The SMILES string of the molecule is c1ccc(CSc2ccccc2-c2cnccn2)cc1. The maximum atomic E-state index is 4.39. The molecule has 0 aliphatic rings. The minimum atomic E-state index is 0.920. The number of rotatable bonds is 4. The van der Waals surface area contributed by atoms with E-state index in [9.17, 15) is 0 Å². The molecule has 2 nitrogen and oxygen atoms in total. The average Bonchev–Trinajstić information content (AvgIpc) is 2.55. The molecule has 0 fully saturated rings. The standard InChI is InChI=1S/C17H14N2S/c1-2-6-14(7-3-1)13-20-17-9-5-4-8-15(17)16-12-18-10-11-19-16/h1-12H,13H2. The molecule has 98 valence electrons. The first-order valence-corrected chi connectivity index (χ1v) is 7.44. The third kappa shape index (κ3) is 3.06. The monoisotopic (exact) mass is 278 g/mol. The summed E-state index contributed by atoms with van der Waals surface area (Å²) in [7, 11) is 0. The molecule has 0 spiro atoms. The van der Waals surface area contributed by atoms with Gasteiger partial charge < -0.3 is 0 Å². The van der Waals surface area contributed by atoms with E-state index in [0.29, 0.717) is 0 Å². The van der Waals surface area contributed by atoms with Gasteiger partial charge in [0.2, 0.25) is 0 Å². The van der Waals surface area contributed by atoms with Gasteiger partial charge in [0.15, 0.2) is 0 Å². The third-order valence-electron chi connectivity index (χ3n) is 2.96. The summed E-state index contributed by atoms with van der Waals surface area (Å²) in [5.74, 6) is 0.956. The van der Waals surface area contributed by atoms with Crippen molar-refractivity contribution >= 4 is 11.8 Å². The molecule has 0 bridgehead atoms. The van der Waals surface area contributed by atoms with Gasteiger partial charge in [-0.3, -0.25) is 9.97 Å². The Balaban J connectivity index is 1.84. The van der Waals surface area contributed by atoms with E-state index in [4.69, 9.17) is 0 Å². The quantitative estimate of drug-likeness (QED) is 0.660. The third-order valence-corrected chi connectivity index (χ3v) is 4.11. The molecule has 0 N–H and O–H groups in total. The molecule has 0 saturated heterocycles. The maximum Gasteiger partial charge on any atom is 0.0896 e. The molecule has 2 aromatic carbocycles. The van der Waals surface area contributed by atoms with Crippen molar-refractivity contribution in [2.24, 2.45) is 0 Å². The van der Waals surface area contributed by atoms with Crippen LogP contribution in [0.15, 0.2) is 78.1 Å². The van der Waals surface area contributed by atoms with Gasteiger partial charge >= 0.3 is 0 Å². The van der Waals surface area contributed by atoms with Gasteiger partial charge in [0.1, 0.15) is 0 Å². The van der Waals surface area contributed by atoms with Crippen LogP contribution in [0.1, 0.15) is 5.56 Å². The smallest absolute Gasteiger partial charge is 0.0896 e. The highest BCUT2D eigenvalue weighted by Gasteiger charge is 2.06. The fourth-order valence-electron chi connectivity index (χ4n) is 1.98. The number of thioether (sulfide) groups is 1. The molecule has 1 heterocycles. The van der Waals surface area contributed by atoms with Crippen molar-refractivity contribution in [1.29, 1.82) is 0 Å². The van der Waals surface area contributed by atoms with Crippen molar-refractivity contribution in [1.82, 2.24) is 9.97 Å². The van der Waals surface area contributed by atoms with E-state index >= 15 is 0 Å². The molecule has 0 unspecified atom stereocenters. The Hall–Kier alpha value is -2.13. The van der Waals surface area contributed by atoms with Crippen LogP contribution in [0.25, 0.3) is 11.3 Å². The van der Waals surface area contributed by atoms with Crippen LogP contribution >= 0.6 is 11.8 Å². The van der Waals surface area contributed by atoms with E-state index in [1.165, 1.54) is 10.5 Å². The summed E-state index contributed by atoms with van der Waals surface area (Å²) in [6, 6.07) is 18.8. The summed E-state index contributed by atoms with van der Waals surface area (Å²) >= 11 is 1.83. The van der Waals surface area contributed by atoms with Gasteiger partial charge in [0, 0.05) is 28.6 Å². The van der Waals surface area contributed by atoms with Crippen molar-refractivity contribution < 1.29 is 0 Å². The Kier molecular flexibility index (Phi) is 4.09. The first-order valence-electron chi connectivity index (χ1n) is 6.45. The zero-order valence-corrected chi connectivity index (χ0v) is 11.8. The molecule has 0 atom stereocenters. The van der Waals surface area contributed by atoms with Crippen molar-refractivity contribution in [2.75, 3.05) is 0 Å². The maximum absolute atomic E-state index is 4.39. The number of hydrogen-bond donors (Lipinski definition) is 0. The zero-order valence-electron chi connectivity index (χ0n) is 10.9.